The molecule has 128 valence electrons. The van der Waals surface area contributed by atoms with Gasteiger partial charge in [-0.05, 0) is 42.5 Å². The lowest BCUT2D eigenvalue weighted by Gasteiger charge is -2.33. The zero-order valence-corrected chi connectivity index (χ0v) is 14.0. The third-order valence-corrected chi connectivity index (χ3v) is 4.72. The highest BCUT2D eigenvalue weighted by atomic mass is 16.1. The summed E-state index contributed by atoms with van der Waals surface area (Å²) in [7, 11) is 0. The number of aromatic nitrogens is 3. The van der Waals surface area contributed by atoms with Crippen LogP contribution in [0.5, 0.6) is 0 Å². The summed E-state index contributed by atoms with van der Waals surface area (Å²) in [6.07, 6.45) is 3.89. The van der Waals surface area contributed by atoms with E-state index in [4.69, 9.17) is 0 Å². The van der Waals surface area contributed by atoms with Crippen LogP contribution in [0.2, 0.25) is 0 Å². The predicted octanol–water partition coefficient (Wildman–Crippen LogP) is 2.08. The molecule has 2 N–H and O–H groups in total. The van der Waals surface area contributed by atoms with Crippen LogP contribution in [0.4, 0.5) is 5.82 Å². The molecule has 1 aliphatic heterocycles. The minimum absolute atomic E-state index is 0.0206. The third-order valence-electron chi connectivity index (χ3n) is 4.72. The van der Waals surface area contributed by atoms with E-state index in [1.807, 2.05) is 42.5 Å². The Bertz CT molecular complexity index is 908. The van der Waals surface area contributed by atoms with Crippen LogP contribution in [-0.2, 0) is 6.54 Å². The van der Waals surface area contributed by atoms with Crippen molar-refractivity contribution < 1.29 is 0 Å². The standard InChI is InChI=1S/C19H21N5O/c25-19-15(11-14-5-1-2-7-17(14)22-19)12-20-16-6-4-10-24(13-16)18-8-3-9-21-23-18/h1-3,5,7-9,11,16,20H,4,6,10,12-13H2,(H,22,25)/t16-/m1/s1. The number of rotatable bonds is 4. The molecule has 3 aromatic rings. The first-order chi connectivity index (χ1) is 12.3. The summed E-state index contributed by atoms with van der Waals surface area (Å²) in [5.41, 5.74) is 1.63. The molecule has 25 heavy (non-hydrogen) atoms. The highest BCUT2D eigenvalue weighted by Crippen LogP contribution is 2.17. The van der Waals surface area contributed by atoms with Gasteiger partial charge < -0.3 is 15.2 Å². The number of nitrogens with zero attached hydrogens (tertiary/aromatic N) is 3. The Balaban J connectivity index is 1.44. The Labute approximate surface area is 145 Å². The van der Waals surface area contributed by atoms with Gasteiger partial charge in [-0.3, -0.25) is 4.79 Å². The van der Waals surface area contributed by atoms with Crippen molar-refractivity contribution in [2.75, 3.05) is 18.0 Å². The van der Waals surface area contributed by atoms with Crippen molar-refractivity contribution in [3.63, 3.8) is 0 Å². The number of H-pyrrole nitrogens is 1. The summed E-state index contributed by atoms with van der Waals surface area (Å²) in [6.45, 7) is 2.44. The Kier molecular flexibility index (Phi) is 4.43. The Morgan fingerprint density at radius 3 is 3.04 bits per heavy atom. The van der Waals surface area contributed by atoms with E-state index in [-0.39, 0.29) is 5.56 Å². The molecule has 0 unspecified atom stereocenters. The van der Waals surface area contributed by atoms with Crippen molar-refractivity contribution in [1.82, 2.24) is 20.5 Å². The second kappa shape index (κ2) is 7.03. The van der Waals surface area contributed by atoms with Crippen molar-refractivity contribution in [2.45, 2.75) is 25.4 Å². The SMILES string of the molecule is O=c1[nH]c2ccccc2cc1CN[C@@H]1CCCN(c2cccnn2)C1. The van der Waals surface area contributed by atoms with Gasteiger partial charge in [0.2, 0.25) is 0 Å². The number of piperidine rings is 1. The lowest BCUT2D eigenvalue weighted by atomic mass is 10.1. The van der Waals surface area contributed by atoms with Gasteiger partial charge >= 0.3 is 0 Å². The largest absolute Gasteiger partial charge is 0.354 e. The molecule has 0 aliphatic carbocycles. The van der Waals surface area contributed by atoms with Gasteiger partial charge in [-0.2, -0.15) is 5.10 Å². The Morgan fingerprint density at radius 1 is 1.24 bits per heavy atom. The minimum atomic E-state index is -0.0206. The van der Waals surface area contributed by atoms with Crippen LogP contribution >= 0.6 is 0 Å². The van der Waals surface area contributed by atoms with Crippen LogP contribution in [-0.4, -0.2) is 34.3 Å². The number of nitrogens with one attached hydrogen (secondary N) is 2. The minimum Gasteiger partial charge on any atom is -0.354 e. The van der Waals surface area contributed by atoms with Crippen LogP contribution in [0.25, 0.3) is 10.9 Å². The fraction of sp³-hybridized carbons (Fsp3) is 0.316. The van der Waals surface area contributed by atoms with Gasteiger partial charge in [0.15, 0.2) is 5.82 Å². The van der Waals surface area contributed by atoms with E-state index < -0.39 is 0 Å². The van der Waals surface area contributed by atoms with E-state index >= 15 is 0 Å². The van der Waals surface area contributed by atoms with Gasteiger partial charge in [-0.1, -0.05) is 18.2 Å². The summed E-state index contributed by atoms with van der Waals surface area (Å²) in [4.78, 5) is 17.5. The monoisotopic (exact) mass is 335 g/mol. The number of benzene rings is 1. The highest BCUT2D eigenvalue weighted by molar-refractivity contribution is 5.78. The zero-order chi connectivity index (χ0) is 17.1. The zero-order valence-electron chi connectivity index (χ0n) is 14.0. The number of aromatic amines is 1. The van der Waals surface area contributed by atoms with E-state index in [1.54, 1.807) is 6.20 Å². The average Bonchev–Trinajstić information content (AvgIpc) is 2.67. The number of anilines is 1. The van der Waals surface area contributed by atoms with Gasteiger partial charge in [0.1, 0.15) is 0 Å². The molecule has 1 aromatic carbocycles. The summed E-state index contributed by atoms with van der Waals surface area (Å²) >= 11 is 0. The summed E-state index contributed by atoms with van der Waals surface area (Å²) < 4.78 is 0. The molecule has 3 heterocycles. The number of hydrogen-bond donors (Lipinski definition) is 2. The van der Waals surface area contributed by atoms with Crippen LogP contribution in [0, 0.1) is 0 Å². The van der Waals surface area contributed by atoms with E-state index in [0.717, 1.165) is 48.2 Å². The molecule has 1 aliphatic rings. The molecule has 1 fully saturated rings. The highest BCUT2D eigenvalue weighted by Gasteiger charge is 2.20. The van der Waals surface area contributed by atoms with E-state index in [2.05, 4.69) is 25.4 Å². The summed E-state index contributed by atoms with van der Waals surface area (Å²) in [5.74, 6) is 0.914. The average molecular weight is 335 g/mol. The van der Waals surface area contributed by atoms with Crippen LogP contribution in [0.3, 0.4) is 0 Å². The van der Waals surface area contributed by atoms with E-state index in [1.165, 1.54) is 0 Å². The predicted molar refractivity (Wildman–Crippen MR) is 98.7 cm³/mol. The van der Waals surface area contributed by atoms with E-state index in [0.29, 0.717) is 12.6 Å². The van der Waals surface area contributed by atoms with Crippen molar-refractivity contribution in [3.8, 4) is 0 Å². The third kappa shape index (κ3) is 3.53. The smallest absolute Gasteiger partial charge is 0.252 e. The van der Waals surface area contributed by atoms with Crippen LogP contribution in [0.1, 0.15) is 18.4 Å². The molecule has 0 radical (unpaired) electrons. The van der Waals surface area contributed by atoms with Crippen LogP contribution < -0.4 is 15.8 Å². The van der Waals surface area contributed by atoms with E-state index in [9.17, 15) is 4.79 Å². The number of fused-ring (bicyclic) bond motifs is 1. The fourth-order valence-electron chi connectivity index (χ4n) is 3.39. The molecule has 2 aromatic heterocycles. The van der Waals surface area contributed by atoms with Crippen LogP contribution in [0.15, 0.2) is 53.5 Å². The number of para-hydroxylation sites is 1. The Morgan fingerprint density at radius 2 is 2.16 bits per heavy atom. The molecule has 6 heteroatoms. The number of hydrogen-bond acceptors (Lipinski definition) is 5. The molecule has 1 atom stereocenters. The summed E-state index contributed by atoms with van der Waals surface area (Å²) in [6, 6.07) is 14.1. The Hall–Kier alpha value is -2.73. The van der Waals surface area contributed by atoms with Gasteiger partial charge in [0, 0.05) is 43.0 Å². The first-order valence-corrected chi connectivity index (χ1v) is 8.66. The molecule has 0 saturated carbocycles. The molecule has 6 nitrogen and oxygen atoms in total. The van der Waals surface area contributed by atoms with Gasteiger partial charge in [-0.15, -0.1) is 5.10 Å². The van der Waals surface area contributed by atoms with Crippen molar-refractivity contribution >= 4 is 16.7 Å². The first-order valence-electron chi connectivity index (χ1n) is 8.66. The lowest BCUT2D eigenvalue weighted by Crippen LogP contribution is -2.46. The van der Waals surface area contributed by atoms with Gasteiger partial charge in [0.05, 0.1) is 0 Å². The van der Waals surface area contributed by atoms with Crippen molar-refractivity contribution in [2.24, 2.45) is 0 Å². The molecule has 0 spiro atoms. The van der Waals surface area contributed by atoms with Gasteiger partial charge in [0.25, 0.3) is 5.56 Å². The molecular weight excluding hydrogens is 314 g/mol. The quantitative estimate of drug-likeness (QED) is 0.764. The maximum atomic E-state index is 12.3. The number of pyridine rings is 1. The van der Waals surface area contributed by atoms with Crippen molar-refractivity contribution in [1.29, 1.82) is 0 Å². The summed E-state index contributed by atoms with van der Waals surface area (Å²) in [5, 5.41) is 12.8. The second-order valence-electron chi connectivity index (χ2n) is 6.46. The molecule has 1 saturated heterocycles. The van der Waals surface area contributed by atoms with Gasteiger partial charge in [-0.25, -0.2) is 0 Å². The lowest BCUT2D eigenvalue weighted by molar-refractivity contribution is 0.419. The topological polar surface area (TPSA) is 73.9 Å². The molecule has 0 bridgehead atoms. The first kappa shape index (κ1) is 15.8. The van der Waals surface area contributed by atoms with Crippen molar-refractivity contribution in [3.05, 3.63) is 64.6 Å². The molecule has 0 amide bonds. The fourth-order valence-corrected chi connectivity index (χ4v) is 3.39. The molecule has 4 rings (SSSR count). The normalized spacial score (nSPS) is 17.8. The maximum Gasteiger partial charge on any atom is 0.252 e. The maximum absolute atomic E-state index is 12.3. The second-order valence-corrected chi connectivity index (χ2v) is 6.46. The molecular formula is C19H21N5O.